The van der Waals surface area contributed by atoms with E-state index < -0.39 is 12.0 Å². The minimum Gasteiger partial charge on any atom is -0.548 e. The van der Waals surface area contributed by atoms with Gasteiger partial charge in [0.15, 0.2) is 5.82 Å². The first-order chi connectivity index (χ1) is 13.0. The van der Waals surface area contributed by atoms with E-state index in [0.29, 0.717) is 10.9 Å². The van der Waals surface area contributed by atoms with Crippen LogP contribution in [-0.4, -0.2) is 33.6 Å². The molecule has 2 aromatic heterocycles. The first-order valence-electron chi connectivity index (χ1n) is 8.39. The lowest BCUT2D eigenvalue weighted by molar-refractivity contribution is -0.309. The van der Waals surface area contributed by atoms with Gasteiger partial charge < -0.3 is 15.2 Å². The van der Waals surface area contributed by atoms with Crippen molar-refractivity contribution in [1.29, 1.82) is 0 Å². The molecule has 0 fully saturated rings. The molecule has 27 heavy (non-hydrogen) atoms. The number of hydrogen-bond donors (Lipinski definition) is 1. The van der Waals surface area contributed by atoms with Crippen molar-refractivity contribution in [3.05, 3.63) is 41.8 Å². The number of rotatable bonds is 7. The highest BCUT2D eigenvalue weighted by atomic mass is 32.2. The SMILES string of the molecule is CC(C)[C@@H](NC(=O)CSc1nc(-c2cccs2)nc2ccccc12)C(=O)[O-]. The molecule has 1 aromatic carbocycles. The van der Waals surface area contributed by atoms with E-state index in [2.05, 4.69) is 15.3 Å². The van der Waals surface area contributed by atoms with Crippen molar-refractivity contribution < 1.29 is 14.7 Å². The Hall–Kier alpha value is -2.45. The quantitative estimate of drug-likeness (QED) is 0.483. The molecule has 3 aromatic rings. The van der Waals surface area contributed by atoms with Gasteiger partial charge in [0.05, 0.1) is 28.2 Å². The summed E-state index contributed by atoms with van der Waals surface area (Å²) in [4.78, 5) is 33.5. The third kappa shape index (κ3) is 4.64. The van der Waals surface area contributed by atoms with Gasteiger partial charge in [0.2, 0.25) is 5.91 Å². The average molecular weight is 401 g/mol. The molecular weight excluding hydrogens is 382 g/mol. The number of nitrogens with one attached hydrogen (secondary N) is 1. The smallest absolute Gasteiger partial charge is 0.230 e. The van der Waals surface area contributed by atoms with E-state index in [4.69, 9.17) is 0 Å². The molecule has 0 aliphatic heterocycles. The first-order valence-corrected chi connectivity index (χ1v) is 10.3. The monoisotopic (exact) mass is 400 g/mol. The van der Waals surface area contributed by atoms with E-state index in [-0.39, 0.29) is 17.6 Å². The Kier molecular flexibility index (Phi) is 6.08. The fourth-order valence-electron chi connectivity index (χ4n) is 2.52. The second-order valence-electron chi connectivity index (χ2n) is 6.24. The summed E-state index contributed by atoms with van der Waals surface area (Å²) in [7, 11) is 0. The first kappa shape index (κ1) is 19.3. The van der Waals surface area contributed by atoms with Gasteiger partial charge in [-0.25, -0.2) is 9.97 Å². The van der Waals surface area contributed by atoms with Gasteiger partial charge in [-0.2, -0.15) is 0 Å². The van der Waals surface area contributed by atoms with Crippen molar-refractivity contribution in [2.24, 2.45) is 5.92 Å². The molecule has 6 nitrogen and oxygen atoms in total. The largest absolute Gasteiger partial charge is 0.548 e. The number of amides is 1. The number of thiophene rings is 1. The Morgan fingerprint density at radius 3 is 2.63 bits per heavy atom. The molecule has 0 aliphatic rings. The molecule has 0 saturated carbocycles. The summed E-state index contributed by atoms with van der Waals surface area (Å²) >= 11 is 2.81. The zero-order valence-electron chi connectivity index (χ0n) is 14.8. The van der Waals surface area contributed by atoms with Gasteiger partial charge in [0.1, 0.15) is 5.03 Å². The number of aliphatic carboxylic acids is 1. The maximum absolute atomic E-state index is 12.2. The number of carbonyl (C=O) groups excluding carboxylic acids is 2. The molecule has 0 saturated heterocycles. The number of nitrogens with zero attached hydrogens (tertiary/aromatic N) is 2. The lowest BCUT2D eigenvalue weighted by Gasteiger charge is -2.23. The third-order valence-electron chi connectivity index (χ3n) is 3.89. The summed E-state index contributed by atoms with van der Waals surface area (Å²) in [5, 5.41) is 17.2. The second kappa shape index (κ2) is 8.49. The Labute approximate surface area is 165 Å². The summed E-state index contributed by atoms with van der Waals surface area (Å²) in [6.07, 6.45) is 0. The van der Waals surface area contributed by atoms with Gasteiger partial charge in [-0.05, 0) is 23.4 Å². The zero-order chi connectivity index (χ0) is 19.4. The molecule has 8 heteroatoms. The molecular formula is C19H18N3O3S2-. The minimum absolute atomic E-state index is 0.0569. The Bertz CT molecular complexity index is 958. The summed E-state index contributed by atoms with van der Waals surface area (Å²) in [6, 6.07) is 10.5. The van der Waals surface area contributed by atoms with Crippen LogP contribution in [0.5, 0.6) is 0 Å². The van der Waals surface area contributed by atoms with E-state index in [1.54, 1.807) is 25.2 Å². The molecule has 1 atom stereocenters. The Balaban J connectivity index is 1.82. The van der Waals surface area contributed by atoms with E-state index in [1.807, 2.05) is 41.8 Å². The van der Waals surface area contributed by atoms with Crippen molar-refractivity contribution in [3.63, 3.8) is 0 Å². The van der Waals surface area contributed by atoms with E-state index in [1.165, 1.54) is 11.8 Å². The highest BCUT2D eigenvalue weighted by Gasteiger charge is 2.18. The number of carbonyl (C=O) groups is 2. The van der Waals surface area contributed by atoms with Crippen LogP contribution >= 0.6 is 23.1 Å². The lowest BCUT2D eigenvalue weighted by Crippen LogP contribution is -2.51. The maximum Gasteiger partial charge on any atom is 0.230 e. The second-order valence-corrected chi connectivity index (χ2v) is 8.16. The molecule has 0 spiro atoms. The number of para-hydroxylation sites is 1. The van der Waals surface area contributed by atoms with Gasteiger partial charge in [-0.3, -0.25) is 4.79 Å². The van der Waals surface area contributed by atoms with E-state index in [9.17, 15) is 14.7 Å². The zero-order valence-corrected chi connectivity index (χ0v) is 16.5. The number of hydrogen-bond acceptors (Lipinski definition) is 7. The summed E-state index contributed by atoms with van der Waals surface area (Å²) in [5.41, 5.74) is 0.800. The van der Waals surface area contributed by atoms with Crippen molar-refractivity contribution in [1.82, 2.24) is 15.3 Å². The van der Waals surface area contributed by atoms with Crippen LogP contribution in [0, 0.1) is 5.92 Å². The topological polar surface area (TPSA) is 95.0 Å². The van der Waals surface area contributed by atoms with Crippen molar-refractivity contribution in [2.75, 3.05) is 5.75 Å². The molecule has 0 radical (unpaired) electrons. The summed E-state index contributed by atoms with van der Waals surface area (Å²) in [6.45, 7) is 3.44. The van der Waals surface area contributed by atoms with Crippen LogP contribution in [0.3, 0.4) is 0 Å². The Morgan fingerprint density at radius 2 is 1.96 bits per heavy atom. The molecule has 0 bridgehead atoms. The molecule has 1 amide bonds. The average Bonchev–Trinajstić information content (AvgIpc) is 3.18. The van der Waals surface area contributed by atoms with Crippen LogP contribution in [0.25, 0.3) is 21.6 Å². The fourth-order valence-corrected chi connectivity index (χ4v) is 4.01. The number of carboxylic acid groups (broad SMARTS) is 1. The van der Waals surface area contributed by atoms with Crippen molar-refractivity contribution in [2.45, 2.75) is 24.9 Å². The number of aromatic nitrogens is 2. The van der Waals surface area contributed by atoms with Crippen LogP contribution in [-0.2, 0) is 9.59 Å². The van der Waals surface area contributed by atoms with Gasteiger partial charge >= 0.3 is 0 Å². The van der Waals surface area contributed by atoms with E-state index >= 15 is 0 Å². The highest BCUT2D eigenvalue weighted by Crippen LogP contribution is 2.29. The van der Waals surface area contributed by atoms with Crippen LogP contribution in [0.15, 0.2) is 46.8 Å². The fraction of sp³-hybridized carbons (Fsp3) is 0.263. The number of thioether (sulfide) groups is 1. The summed E-state index contributed by atoms with van der Waals surface area (Å²) in [5.74, 6) is -1.24. The number of fused-ring (bicyclic) bond motifs is 1. The van der Waals surface area contributed by atoms with Crippen LogP contribution in [0.2, 0.25) is 0 Å². The standard InChI is InChI=1S/C19H19N3O3S2/c1-11(2)16(19(24)25)21-15(23)10-27-18-12-6-3-4-7-13(12)20-17(22-18)14-8-5-9-26-14/h3-9,11,16H,10H2,1-2H3,(H,21,23)(H,24,25)/p-1/t16-/m1/s1. The number of benzene rings is 1. The van der Waals surface area contributed by atoms with Crippen molar-refractivity contribution >= 4 is 45.9 Å². The normalized spacial score (nSPS) is 12.3. The van der Waals surface area contributed by atoms with Crippen LogP contribution < -0.4 is 10.4 Å². The van der Waals surface area contributed by atoms with Gasteiger partial charge in [0.25, 0.3) is 0 Å². The van der Waals surface area contributed by atoms with Crippen LogP contribution in [0.4, 0.5) is 0 Å². The predicted molar refractivity (Wildman–Crippen MR) is 105 cm³/mol. The van der Waals surface area contributed by atoms with Gasteiger partial charge in [-0.15, -0.1) is 11.3 Å². The highest BCUT2D eigenvalue weighted by molar-refractivity contribution is 8.00. The van der Waals surface area contributed by atoms with Crippen LogP contribution in [0.1, 0.15) is 13.8 Å². The third-order valence-corrected chi connectivity index (χ3v) is 5.74. The van der Waals surface area contributed by atoms with Gasteiger partial charge in [0, 0.05) is 5.39 Å². The molecule has 3 rings (SSSR count). The molecule has 0 aliphatic carbocycles. The Morgan fingerprint density at radius 1 is 1.19 bits per heavy atom. The van der Waals surface area contributed by atoms with Crippen molar-refractivity contribution in [3.8, 4) is 10.7 Å². The van der Waals surface area contributed by atoms with E-state index in [0.717, 1.165) is 15.8 Å². The molecule has 1 N–H and O–H groups in total. The number of carboxylic acids is 1. The minimum atomic E-state index is -1.28. The molecule has 140 valence electrons. The molecule has 2 heterocycles. The lowest BCUT2D eigenvalue weighted by atomic mass is 10.1. The molecule has 0 unspecified atom stereocenters. The predicted octanol–water partition coefficient (Wildman–Crippen LogP) is 2.34. The maximum atomic E-state index is 12.2. The van der Waals surface area contributed by atoms with Gasteiger partial charge in [-0.1, -0.05) is 49.9 Å². The summed E-state index contributed by atoms with van der Waals surface area (Å²) < 4.78 is 0.